The maximum Gasteiger partial charge on any atom is 0.340 e. The lowest BCUT2D eigenvalue weighted by atomic mass is 9.97. The molecule has 1 N–H and O–H groups in total. The Kier molecular flexibility index (Phi) is 5.07. The van der Waals surface area contributed by atoms with E-state index in [0.717, 1.165) is 41.2 Å². The van der Waals surface area contributed by atoms with Gasteiger partial charge in [-0.3, -0.25) is 4.79 Å². The minimum atomic E-state index is -0.460. The number of hydrogen-bond acceptors (Lipinski definition) is 4. The van der Waals surface area contributed by atoms with E-state index in [9.17, 15) is 9.59 Å². The van der Waals surface area contributed by atoms with Crippen LogP contribution in [0.15, 0.2) is 43.7 Å². The van der Waals surface area contributed by atoms with Crippen LogP contribution in [0.2, 0.25) is 0 Å². The van der Waals surface area contributed by atoms with Crippen molar-refractivity contribution in [3.05, 3.63) is 57.2 Å². The molecule has 0 bridgehead atoms. The number of fused-ring (bicyclic) bond motifs is 2. The van der Waals surface area contributed by atoms with E-state index in [-0.39, 0.29) is 12.3 Å². The van der Waals surface area contributed by atoms with Crippen molar-refractivity contribution < 1.29 is 13.6 Å². The van der Waals surface area contributed by atoms with Crippen LogP contribution >= 0.6 is 0 Å². The van der Waals surface area contributed by atoms with Crippen molar-refractivity contribution in [2.45, 2.75) is 52.4 Å². The van der Waals surface area contributed by atoms with Crippen molar-refractivity contribution in [3.8, 4) is 0 Å². The maximum absolute atomic E-state index is 12.5. The van der Waals surface area contributed by atoms with Gasteiger partial charge in [0.05, 0.1) is 18.2 Å². The Hall–Kier alpha value is -2.82. The Bertz CT molecular complexity index is 1130. The number of hydrogen-bond donors (Lipinski definition) is 1. The zero-order valence-electron chi connectivity index (χ0n) is 16.4. The van der Waals surface area contributed by atoms with E-state index in [0.29, 0.717) is 23.3 Å². The van der Waals surface area contributed by atoms with Crippen LogP contribution in [0, 0.1) is 13.8 Å². The van der Waals surface area contributed by atoms with Crippen LogP contribution in [-0.2, 0) is 11.2 Å². The van der Waals surface area contributed by atoms with Crippen LogP contribution < -0.4 is 10.9 Å². The van der Waals surface area contributed by atoms with Crippen LogP contribution in [0.1, 0.15) is 48.8 Å². The molecular weight excluding hydrogens is 354 g/mol. The summed E-state index contributed by atoms with van der Waals surface area (Å²) in [6, 6.07) is 3.71. The molecule has 3 aromatic rings. The van der Waals surface area contributed by atoms with Gasteiger partial charge in [0.1, 0.15) is 11.2 Å². The van der Waals surface area contributed by atoms with Gasteiger partial charge in [-0.2, -0.15) is 0 Å². The lowest BCUT2D eigenvalue weighted by molar-refractivity contribution is -0.120. The van der Waals surface area contributed by atoms with Gasteiger partial charge >= 0.3 is 5.63 Å². The molecule has 0 unspecified atom stereocenters. The quantitative estimate of drug-likeness (QED) is 0.515. The van der Waals surface area contributed by atoms with Crippen molar-refractivity contribution in [1.29, 1.82) is 0 Å². The Morgan fingerprint density at radius 3 is 2.79 bits per heavy atom. The average Bonchev–Trinajstić information content (AvgIpc) is 3.05. The topological polar surface area (TPSA) is 72.5 Å². The molecule has 1 amide bonds. The molecule has 2 aromatic heterocycles. The molecule has 0 aliphatic heterocycles. The van der Waals surface area contributed by atoms with Gasteiger partial charge in [0.2, 0.25) is 5.91 Å². The molecule has 0 radical (unpaired) electrons. The molecule has 1 aromatic carbocycles. The molecular formula is C23H25NO4. The number of carbonyl (C=O) groups excluding carboxylic acids is 1. The Morgan fingerprint density at radius 2 is 2.00 bits per heavy atom. The zero-order chi connectivity index (χ0) is 19.7. The first-order chi connectivity index (χ1) is 13.5. The summed E-state index contributed by atoms with van der Waals surface area (Å²) in [5.74, 6) is -0.147. The Morgan fingerprint density at radius 1 is 1.14 bits per heavy atom. The second-order valence-corrected chi connectivity index (χ2v) is 7.64. The molecule has 146 valence electrons. The smallest absolute Gasteiger partial charge is 0.340 e. The summed E-state index contributed by atoms with van der Waals surface area (Å²) < 4.78 is 11.0. The normalized spacial score (nSPS) is 14.4. The molecule has 28 heavy (non-hydrogen) atoms. The highest BCUT2D eigenvalue weighted by molar-refractivity contribution is 5.96. The third kappa shape index (κ3) is 3.61. The molecule has 5 heteroatoms. The van der Waals surface area contributed by atoms with Crippen molar-refractivity contribution in [2.75, 3.05) is 6.54 Å². The van der Waals surface area contributed by atoms with Crippen molar-refractivity contribution in [2.24, 2.45) is 0 Å². The Balaban J connectivity index is 1.53. The molecule has 0 saturated heterocycles. The first-order valence-corrected chi connectivity index (χ1v) is 9.91. The average molecular weight is 379 g/mol. The minimum Gasteiger partial charge on any atom is -0.464 e. The summed E-state index contributed by atoms with van der Waals surface area (Å²) in [6.07, 6.45) is 9.66. The van der Waals surface area contributed by atoms with Crippen molar-refractivity contribution in [3.63, 3.8) is 0 Å². The largest absolute Gasteiger partial charge is 0.464 e. The fraction of sp³-hybridized carbons (Fsp3) is 0.391. The van der Waals surface area contributed by atoms with E-state index in [1.54, 1.807) is 12.3 Å². The molecule has 0 fully saturated rings. The van der Waals surface area contributed by atoms with E-state index in [4.69, 9.17) is 8.83 Å². The number of benzene rings is 1. The van der Waals surface area contributed by atoms with E-state index < -0.39 is 5.63 Å². The molecule has 1 aliphatic rings. The zero-order valence-corrected chi connectivity index (χ0v) is 16.4. The maximum atomic E-state index is 12.5. The predicted molar refractivity (Wildman–Crippen MR) is 110 cm³/mol. The van der Waals surface area contributed by atoms with Gasteiger partial charge in [0.25, 0.3) is 0 Å². The molecule has 0 spiro atoms. The summed E-state index contributed by atoms with van der Waals surface area (Å²) in [5.41, 5.74) is 4.37. The van der Waals surface area contributed by atoms with Crippen molar-refractivity contribution >= 4 is 27.8 Å². The summed E-state index contributed by atoms with van der Waals surface area (Å²) in [4.78, 5) is 24.9. The second-order valence-electron chi connectivity index (χ2n) is 7.64. The first kappa shape index (κ1) is 18.5. The van der Waals surface area contributed by atoms with Crippen LogP contribution in [0.4, 0.5) is 0 Å². The highest BCUT2D eigenvalue weighted by Gasteiger charge is 2.16. The molecule has 0 atom stereocenters. The van der Waals surface area contributed by atoms with Crippen LogP contribution in [0.25, 0.3) is 21.9 Å². The lowest BCUT2D eigenvalue weighted by Gasteiger charge is -2.13. The number of furan rings is 1. The number of amides is 1. The summed E-state index contributed by atoms with van der Waals surface area (Å²) in [6.45, 7) is 4.45. The fourth-order valence-electron chi connectivity index (χ4n) is 3.96. The second kappa shape index (κ2) is 7.66. The molecule has 2 heterocycles. The first-order valence-electron chi connectivity index (χ1n) is 9.91. The van der Waals surface area contributed by atoms with Gasteiger partial charge in [0.15, 0.2) is 0 Å². The SMILES string of the molecule is Cc1coc2cc3oc(=O)c(CC(=O)NCCC4=CCCCC4)c(C)c3cc12. The molecule has 0 saturated carbocycles. The van der Waals surface area contributed by atoms with Gasteiger partial charge < -0.3 is 14.2 Å². The summed E-state index contributed by atoms with van der Waals surface area (Å²) >= 11 is 0. The third-order valence-electron chi connectivity index (χ3n) is 5.67. The minimum absolute atomic E-state index is 0.0333. The van der Waals surface area contributed by atoms with E-state index in [1.807, 2.05) is 19.9 Å². The fourth-order valence-corrected chi connectivity index (χ4v) is 3.96. The molecule has 4 rings (SSSR count). The number of aryl methyl sites for hydroxylation is 2. The summed E-state index contributed by atoms with van der Waals surface area (Å²) in [5, 5.41) is 4.77. The number of nitrogens with one attached hydrogen (secondary N) is 1. The standard InChI is InChI=1S/C23H25NO4/c1-14-13-27-20-12-21-18(10-17(14)20)15(2)19(23(26)28-21)11-22(25)24-9-8-16-6-4-3-5-7-16/h6,10,12-13H,3-5,7-9,11H2,1-2H3,(H,24,25). The van der Waals surface area contributed by atoms with Crippen LogP contribution in [0.3, 0.4) is 0 Å². The van der Waals surface area contributed by atoms with E-state index in [1.165, 1.54) is 18.4 Å². The monoisotopic (exact) mass is 379 g/mol. The summed E-state index contributed by atoms with van der Waals surface area (Å²) in [7, 11) is 0. The lowest BCUT2D eigenvalue weighted by Crippen LogP contribution is -2.29. The Labute approximate surface area is 163 Å². The number of rotatable bonds is 5. The molecule has 5 nitrogen and oxygen atoms in total. The van der Waals surface area contributed by atoms with Gasteiger partial charge in [-0.1, -0.05) is 11.6 Å². The van der Waals surface area contributed by atoms with E-state index >= 15 is 0 Å². The van der Waals surface area contributed by atoms with Crippen LogP contribution in [0.5, 0.6) is 0 Å². The van der Waals surface area contributed by atoms with Gasteiger partial charge in [-0.05, 0) is 63.1 Å². The number of carbonyl (C=O) groups is 1. The van der Waals surface area contributed by atoms with Crippen LogP contribution in [-0.4, -0.2) is 12.5 Å². The third-order valence-corrected chi connectivity index (χ3v) is 5.67. The predicted octanol–water partition coefficient (Wildman–Crippen LogP) is 4.71. The highest BCUT2D eigenvalue weighted by atomic mass is 16.4. The van der Waals surface area contributed by atoms with Crippen molar-refractivity contribution in [1.82, 2.24) is 5.32 Å². The van der Waals surface area contributed by atoms with E-state index in [2.05, 4.69) is 11.4 Å². The number of allylic oxidation sites excluding steroid dienone is 1. The molecule has 1 aliphatic carbocycles. The van der Waals surface area contributed by atoms with Gasteiger partial charge in [0, 0.05) is 23.4 Å². The van der Waals surface area contributed by atoms with Gasteiger partial charge in [-0.25, -0.2) is 4.79 Å². The highest BCUT2D eigenvalue weighted by Crippen LogP contribution is 2.28. The van der Waals surface area contributed by atoms with Gasteiger partial charge in [-0.15, -0.1) is 0 Å².